The Bertz CT molecular complexity index is 981. The average molecular weight is 450 g/mol. The van der Waals surface area contributed by atoms with Gasteiger partial charge in [0.2, 0.25) is 0 Å². The van der Waals surface area contributed by atoms with Crippen molar-refractivity contribution < 1.29 is 31.7 Å². The summed E-state index contributed by atoms with van der Waals surface area (Å²) in [6, 6.07) is 13.0. The SMILES string of the molecule is CCOC(=O)[C@H](Cc1ccc(OS(=O)(=O)c2ccccc2)cc1)NC(=O)OC(C)(C)C. The van der Waals surface area contributed by atoms with Crippen molar-refractivity contribution in [2.75, 3.05) is 6.61 Å². The molecule has 8 nitrogen and oxygen atoms in total. The lowest BCUT2D eigenvalue weighted by Crippen LogP contribution is -2.45. The van der Waals surface area contributed by atoms with Crippen molar-refractivity contribution in [2.24, 2.45) is 0 Å². The highest BCUT2D eigenvalue weighted by molar-refractivity contribution is 7.87. The second kappa shape index (κ2) is 10.3. The highest BCUT2D eigenvalue weighted by Gasteiger charge is 2.26. The first-order valence-electron chi connectivity index (χ1n) is 9.75. The van der Waals surface area contributed by atoms with Gasteiger partial charge in [-0.05, 0) is 57.5 Å². The molecule has 0 aliphatic carbocycles. The van der Waals surface area contributed by atoms with Gasteiger partial charge in [0.25, 0.3) is 0 Å². The minimum absolute atomic E-state index is 0.0445. The molecule has 1 amide bonds. The summed E-state index contributed by atoms with van der Waals surface area (Å²) < 4.78 is 40.0. The first-order chi connectivity index (χ1) is 14.5. The number of carbonyl (C=O) groups is 2. The Morgan fingerprint density at radius 2 is 1.61 bits per heavy atom. The molecule has 0 aliphatic heterocycles. The molecule has 2 aromatic rings. The van der Waals surface area contributed by atoms with Crippen LogP contribution < -0.4 is 9.50 Å². The van der Waals surface area contributed by atoms with Crippen LogP contribution in [0.25, 0.3) is 0 Å². The van der Waals surface area contributed by atoms with E-state index < -0.39 is 33.8 Å². The van der Waals surface area contributed by atoms with E-state index >= 15 is 0 Å². The van der Waals surface area contributed by atoms with Crippen molar-refractivity contribution >= 4 is 22.2 Å². The number of benzene rings is 2. The van der Waals surface area contributed by atoms with Crippen LogP contribution in [0.3, 0.4) is 0 Å². The summed E-state index contributed by atoms with van der Waals surface area (Å²) in [6.07, 6.45) is -0.608. The molecule has 2 aromatic carbocycles. The lowest BCUT2D eigenvalue weighted by molar-refractivity contribution is -0.145. The fraction of sp³-hybridized carbons (Fsp3) is 0.364. The zero-order valence-electron chi connectivity index (χ0n) is 18.0. The Balaban J connectivity index is 2.09. The third-order valence-corrected chi connectivity index (χ3v) is 5.12. The van der Waals surface area contributed by atoms with Crippen LogP contribution >= 0.6 is 0 Å². The number of nitrogens with one attached hydrogen (secondary N) is 1. The molecule has 0 spiro atoms. The van der Waals surface area contributed by atoms with Gasteiger partial charge in [0, 0.05) is 6.42 Å². The molecular formula is C22H27NO7S. The maximum atomic E-state index is 12.3. The zero-order chi connectivity index (χ0) is 23.1. The number of amides is 1. The number of ether oxygens (including phenoxy) is 2. The number of hydrogen-bond donors (Lipinski definition) is 1. The van der Waals surface area contributed by atoms with Crippen LogP contribution in [-0.2, 0) is 30.8 Å². The first-order valence-corrected chi connectivity index (χ1v) is 11.2. The third-order valence-electron chi connectivity index (χ3n) is 3.86. The topological polar surface area (TPSA) is 108 Å². The Hall–Kier alpha value is -3.07. The second-order valence-electron chi connectivity index (χ2n) is 7.65. The predicted molar refractivity (Wildman–Crippen MR) is 114 cm³/mol. The maximum absolute atomic E-state index is 12.3. The first kappa shape index (κ1) is 24.2. The van der Waals surface area contributed by atoms with Crippen molar-refractivity contribution in [1.82, 2.24) is 5.32 Å². The van der Waals surface area contributed by atoms with Crippen LogP contribution in [0.15, 0.2) is 59.5 Å². The molecule has 0 aliphatic rings. The normalized spacial score (nSPS) is 12.5. The smallest absolute Gasteiger partial charge is 0.408 e. The Morgan fingerprint density at radius 3 is 2.16 bits per heavy atom. The van der Waals surface area contributed by atoms with Crippen molar-refractivity contribution in [3.8, 4) is 5.75 Å². The van der Waals surface area contributed by atoms with Gasteiger partial charge < -0.3 is 19.0 Å². The molecule has 1 atom stereocenters. The van der Waals surface area contributed by atoms with Gasteiger partial charge in [-0.2, -0.15) is 8.42 Å². The highest BCUT2D eigenvalue weighted by Crippen LogP contribution is 2.20. The van der Waals surface area contributed by atoms with E-state index in [0.717, 1.165) is 0 Å². The quantitative estimate of drug-likeness (QED) is 0.486. The van der Waals surface area contributed by atoms with Crippen molar-refractivity contribution in [2.45, 2.75) is 50.7 Å². The number of alkyl carbamates (subject to hydrolysis) is 1. The Morgan fingerprint density at radius 1 is 1.00 bits per heavy atom. The molecule has 0 bridgehead atoms. The van der Waals surface area contributed by atoms with Gasteiger partial charge in [0.15, 0.2) is 0 Å². The van der Waals surface area contributed by atoms with Crippen LogP contribution in [0.1, 0.15) is 33.3 Å². The van der Waals surface area contributed by atoms with E-state index in [1.165, 1.54) is 24.3 Å². The van der Waals surface area contributed by atoms with E-state index in [-0.39, 0.29) is 23.7 Å². The van der Waals surface area contributed by atoms with Gasteiger partial charge in [0.05, 0.1) is 6.61 Å². The van der Waals surface area contributed by atoms with Crippen LogP contribution in [-0.4, -0.2) is 38.7 Å². The highest BCUT2D eigenvalue weighted by atomic mass is 32.2. The Kier molecular flexibility index (Phi) is 8.04. The van der Waals surface area contributed by atoms with E-state index in [0.29, 0.717) is 5.56 Å². The summed E-state index contributed by atoms with van der Waals surface area (Å²) in [7, 11) is -3.95. The number of rotatable bonds is 8. The molecule has 0 fully saturated rings. The largest absolute Gasteiger partial charge is 0.464 e. The van der Waals surface area contributed by atoms with E-state index in [2.05, 4.69) is 5.32 Å². The van der Waals surface area contributed by atoms with Crippen molar-refractivity contribution in [3.63, 3.8) is 0 Å². The molecule has 168 valence electrons. The molecule has 0 saturated heterocycles. The second-order valence-corrected chi connectivity index (χ2v) is 9.20. The summed E-state index contributed by atoms with van der Waals surface area (Å²) in [4.78, 5) is 24.4. The molecule has 1 N–H and O–H groups in total. The molecular weight excluding hydrogens is 422 g/mol. The molecule has 0 unspecified atom stereocenters. The fourth-order valence-corrected chi connectivity index (χ4v) is 3.52. The minimum atomic E-state index is -3.95. The minimum Gasteiger partial charge on any atom is -0.464 e. The van der Waals surface area contributed by atoms with E-state index in [9.17, 15) is 18.0 Å². The van der Waals surface area contributed by atoms with Gasteiger partial charge in [-0.3, -0.25) is 0 Å². The van der Waals surface area contributed by atoms with Gasteiger partial charge in [-0.25, -0.2) is 9.59 Å². The maximum Gasteiger partial charge on any atom is 0.408 e. The number of esters is 1. The number of carbonyl (C=O) groups excluding carboxylic acids is 2. The monoisotopic (exact) mass is 449 g/mol. The molecule has 0 saturated carbocycles. The molecule has 0 heterocycles. The predicted octanol–water partition coefficient (Wildman–Crippen LogP) is 3.45. The summed E-state index contributed by atoms with van der Waals surface area (Å²) in [6.45, 7) is 6.98. The summed E-state index contributed by atoms with van der Waals surface area (Å²) in [5, 5.41) is 2.52. The van der Waals surface area contributed by atoms with Crippen LogP contribution in [0.5, 0.6) is 5.75 Å². The van der Waals surface area contributed by atoms with Crippen LogP contribution in [0.2, 0.25) is 0 Å². The van der Waals surface area contributed by atoms with Gasteiger partial charge in [-0.15, -0.1) is 0 Å². The fourth-order valence-electron chi connectivity index (χ4n) is 2.56. The molecule has 0 radical (unpaired) electrons. The standard InChI is InChI=1S/C22H27NO7S/c1-5-28-20(24)19(23-21(25)29-22(2,3)4)15-16-11-13-17(14-12-16)30-31(26,27)18-9-7-6-8-10-18/h6-14,19H,5,15H2,1-4H3,(H,23,25)/t19-/m0/s1. The lowest BCUT2D eigenvalue weighted by Gasteiger charge is -2.23. The molecule has 0 aromatic heterocycles. The molecule has 9 heteroatoms. The van der Waals surface area contributed by atoms with Gasteiger partial charge >= 0.3 is 22.2 Å². The molecule has 31 heavy (non-hydrogen) atoms. The molecule has 2 rings (SSSR count). The average Bonchev–Trinajstić information content (AvgIpc) is 2.68. The van der Waals surface area contributed by atoms with Crippen LogP contribution in [0, 0.1) is 0 Å². The summed E-state index contributed by atoms with van der Waals surface area (Å²) in [5.41, 5.74) is -0.0504. The van der Waals surface area contributed by atoms with Crippen molar-refractivity contribution in [1.29, 1.82) is 0 Å². The van der Waals surface area contributed by atoms with Crippen molar-refractivity contribution in [3.05, 3.63) is 60.2 Å². The van der Waals surface area contributed by atoms with Gasteiger partial charge in [-0.1, -0.05) is 30.3 Å². The Labute approximate surface area is 182 Å². The van der Waals surface area contributed by atoms with E-state index in [4.69, 9.17) is 13.7 Å². The lowest BCUT2D eigenvalue weighted by atomic mass is 10.1. The number of hydrogen-bond acceptors (Lipinski definition) is 7. The summed E-state index contributed by atoms with van der Waals surface area (Å²) >= 11 is 0. The van der Waals surface area contributed by atoms with E-state index in [1.807, 2.05) is 0 Å². The summed E-state index contributed by atoms with van der Waals surface area (Å²) in [5.74, 6) is -0.472. The third kappa shape index (κ3) is 7.93. The zero-order valence-corrected chi connectivity index (χ0v) is 18.8. The van der Waals surface area contributed by atoms with Gasteiger partial charge in [0.1, 0.15) is 22.3 Å². The van der Waals surface area contributed by atoms with Crippen LogP contribution in [0.4, 0.5) is 4.79 Å². The van der Waals surface area contributed by atoms with E-state index in [1.54, 1.807) is 58.0 Å².